The number of halogens is 1. The molecule has 70 valence electrons. The Morgan fingerprint density at radius 2 is 1.83 bits per heavy atom. The first-order valence-corrected chi connectivity index (χ1v) is 3.70. The summed E-state index contributed by atoms with van der Waals surface area (Å²) in [5.74, 6) is -0.181. The van der Waals surface area contributed by atoms with Crippen LogP contribution in [0.4, 0.5) is 0 Å². The van der Waals surface area contributed by atoms with Crippen LogP contribution in [0.25, 0.3) is 0 Å². The van der Waals surface area contributed by atoms with E-state index >= 15 is 0 Å². The lowest BCUT2D eigenvalue weighted by atomic mass is 10.3. The second-order valence-electron chi connectivity index (χ2n) is 2.88. The molecule has 12 heavy (non-hydrogen) atoms. The number of nitrogens with zero attached hydrogens (tertiary/aromatic N) is 1. The van der Waals surface area contributed by atoms with E-state index in [1.165, 1.54) is 4.90 Å². The third kappa shape index (κ3) is 2.46. The monoisotopic (exact) mass is 192 g/mol. The van der Waals surface area contributed by atoms with Crippen LogP contribution in [0.1, 0.15) is 19.8 Å². The predicted octanol–water partition coefficient (Wildman–Crippen LogP) is -0.0956. The number of carbonyl (C=O) groups is 2. The number of nitrogens with two attached hydrogens (primary N) is 1. The maximum atomic E-state index is 11.0. The lowest BCUT2D eigenvalue weighted by Crippen LogP contribution is -2.38. The zero-order valence-corrected chi connectivity index (χ0v) is 7.76. The van der Waals surface area contributed by atoms with Gasteiger partial charge < -0.3 is 5.73 Å². The summed E-state index contributed by atoms with van der Waals surface area (Å²) >= 11 is 0. The molecule has 1 fully saturated rings. The van der Waals surface area contributed by atoms with E-state index in [2.05, 4.69) is 0 Å². The summed E-state index contributed by atoms with van der Waals surface area (Å²) in [5, 5.41) is 0. The van der Waals surface area contributed by atoms with E-state index < -0.39 is 0 Å². The first-order valence-electron chi connectivity index (χ1n) is 3.70. The fraction of sp³-hybridized carbons (Fsp3) is 0.714. The number of rotatable bonds is 2. The largest absolute Gasteiger partial charge is 0.326 e. The van der Waals surface area contributed by atoms with Crippen molar-refractivity contribution in [3.8, 4) is 0 Å². The Kier molecular flexibility index (Phi) is 4.20. The second kappa shape index (κ2) is 4.42. The Labute approximate surface area is 77.5 Å². The molecule has 1 rings (SSSR count). The SMILES string of the molecule is CC(N)CN1C(=O)CCC1=O.Cl. The molecule has 1 atom stereocenters. The zero-order chi connectivity index (χ0) is 8.43. The minimum atomic E-state index is -0.124. The normalized spacial score (nSPS) is 19.3. The lowest BCUT2D eigenvalue weighted by Gasteiger charge is -2.15. The quantitative estimate of drug-likeness (QED) is 0.622. The third-order valence-electron chi connectivity index (χ3n) is 1.63. The average molecular weight is 193 g/mol. The van der Waals surface area contributed by atoms with Crippen molar-refractivity contribution in [2.75, 3.05) is 6.54 Å². The third-order valence-corrected chi connectivity index (χ3v) is 1.63. The van der Waals surface area contributed by atoms with Gasteiger partial charge in [0.1, 0.15) is 0 Å². The molecule has 1 unspecified atom stereocenters. The van der Waals surface area contributed by atoms with Gasteiger partial charge in [0.05, 0.1) is 0 Å². The molecular weight excluding hydrogens is 180 g/mol. The highest BCUT2D eigenvalue weighted by molar-refractivity contribution is 6.01. The topological polar surface area (TPSA) is 63.4 Å². The van der Waals surface area contributed by atoms with Crippen LogP contribution in [0.3, 0.4) is 0 Å². The van der Waals surface area contributed by atoms with Gasteiger partial charge in [-0.3, -0.25) is 14.5 Å². The number of hydrogen-bond acceptors (Lipinski definition) is 3. The van der Waals surface area contributed by atoms with E-state index in [1.54, 1.807) is 6.92 Å². The first-order chi connectivity index (χ1) is 5.11. The summed E-state index contributed by atoms with van der Waals surface area (Å²) in [4.78, 5) is 23.2. The van der Waals surface area contributed by atoms with Crippen molar-refractivity contribution in [3.05, 3.63) is 0 Å². The van der Waals surface area contributed by atoms with Gasteiger partial charge in [0.15, 0.2) is 0 Å². The Bertz CT molecular complexity index is 178. The standard InChI is InChI=1S/C7H12N2O2.ClH/c1-5(8)4-9-6(10)2-3-7(9)11;/h5H,2-4,8H2,1H3;1H. The van der Waals surface area contributed by atoms with Gasteiger partial charge in [-0.1, -0.05) is 0 Å². The molecule has 1 heterocycles. The van der Waals surface area contributed by atoms with Gasteiger partial charge in [0.2, 0.25) is 11.8 Å². The zero-order valence-electron chi connectivity index (χ0n) is 6.95. The molecule has 0 bridgehead atoms. The van der Waals surface area contributed by atoms with Crippen molar-refractivity contribution in [2.24, 2.45) is 5.73 Å². The molecule has 0 aromatic carbocycles. The molecule has 0 aliphatic carbocycles. The molecule has 1 aliphatic rings. The van der Waals surface area contributed by atoms with Crippen molar-refractivity contribution in [1.29, 1.82) is 0 Å². The van der Waals surface area contributed by atoms with E-state index in [-0.39, 0.29) is 30.3 Å². The van der Waals surface area contributed by atoms with Crippen molar-refractivity contribution >= 4 is 24.2 Å². The van der Waals surface area contributed by atoms with E-state index in [0.29, 0.717) is 19.4 Å². The number of carbonyl (C=O) groups excluding carboxylic acids is 2. The first kappa shape index (κ1) is 11.4. The number of amides is 2. The molecule has 5 heteroatoms. The minimum Gasteiger partial charge on any atom is -0.326 e. The molecular formula is C7H13ClN2O2. The summed E-state index contributed by atoms with van der Waals surface area (Å²) in [6.45, 7) is 2.14. The molecule has 0 radical (unpaired) electrons. The highest BCUT2D eigenvalue weighted by Crippen LogP contribution is 2.10. The van der Waals surface area contributed by atoms with Crippen LogP contribution in [-0.4, -0.2) is 29.3 Å². The van der Waals surface area contributed by atoms with Gasteiger partial charge in [-0.05, 0) is 6.92 Å². The molecule has 0 aromatic rings. The molecule has 1 saturated heterocycles. The van der Waals surface area contributed by atoms with Gasteiger partial charge in [-0.15, -0.1) is 12.4 Å². The lowest BCUT2D eigenvalue weighted by molar-refractivity contribution is -0.138. The van der Waals surface area contributed by atoms with Gasteiger partial charge in [-0.2, -0.15) is 0 Å². The second-order valence-corrected chi connectivity index (χ2v) is 2.88. The van der Waals surface area contributed by atoms with Crippen LogP contribution in [0, 0.1) is 0 Å². The van der Waals surface area contributed by atoms with Gasteiger partial charge >= 0.3 is 0 Å². The predicted molar refractivity (Wildman–Crippen MR) is 46.9 cm³/mol. The number of likely N-dealkylation sites (tertiary alicyclic amines) is 1. The summed E-state index contributed by atoms with van der Waals surface area (Å²) < 4.78 is 0. The Balaban J connectivity index is 0.00000121. The van der Waals surface area contributed by atoms with E-state index in [4.69, 9.17) is 5.73 Å². The average Bonchev–Trinajstić information content (AvgIpc) is 2.18. The molecule has 4 nitrogen and oxygen atoms in total. The highest BCUT2D eigenvalue weighted by Gasteiger charge is 2.28. The number of hydrogen-bond donors (Lipinski definition) is 1. The molecule has 2 amide bonds. The van der Waals surface area contributed by atoms with Gasteiger partial charge in [-0.25, -0.2) is 0 Å². The number of imide groups is 1. The van der Waals surface area contributed by atoms with Crippen LogP contribution < -0.4 is 5.73 Å². The van der Waals surface area contributed by atoms with E-state index in [0.717, 1.165) is 0 Å². The summed E-state index contributed by atoms with van der Waals surface area (Å²) in [5.41, 5.74) is 5.45. The van der Waals surface area contributed by atoms with Gasteiger partial charge in [0.25, 0.3) is 0 Å². The van der Waals surface area contributed by atoms with E-state index in [9.17, 15) is 9.59 Å². The van der Waals surface area contributed by atoms with Crippen LogP contribution in [0.2, 0.25) is 0 Å². The molecule has 0 spiro atoms. The van der Waals surface area contributed by atoms with Crippen LogP contribution in [0.15, 0.2) is 0 Å². The minimum absolute atomic E-state index is 0. The Hall–Kier alpha value is -0.610. The summed E-state index contributed by atoms with van der Waals surface area (Å²) in [6, 6.07) is -0.124. The molecule has 1 aliphatic heterocycles. The highest BCUT2D eigenvalue weighted by atomic mass is 35.5. The van der Waals surface area contributed by atoms with Crippen LogP contribution in [0.5, 0.6) is 0 Å². The summed E-state index contributed by atoms with van der Waals surface area (Å²) in [7, 11) is 0. The molecule has 2 N–H and O–H groups in total. The molecule has 0 saturated carbocycles. The Morgan fingerprint density at radius 3 is 2.17 bits per heavy atom. The maximum Gasteiger partial charge on any atom is 0.229 e. The Morgan fingerprint density at radius 1 is 1.42 bits per heavy atom. The summed E-state index contributed by atoms with van der Waals surface area (Å²) in [6.07, 6.45) is 0.705. The fourth-order valence-corrected chi connectivity index (χ4v) is 1.11. The van der Waals surface area contributed by atoms with Crippen molar-refractivity contribution in [3.63, 3.8) is 0 Å². The van der Waals surface area contributed by atoms with Crippen molar-refractivity contribution in [1.82, 2.24) is 4.90 Å². The fourth-order valence-electron chi connectivity index (χ4n) is 1.11. The maximum absolute atomic E-state index is 11.0. The smallest absolute Gasteiger partial charge is 0.229 e. The van der Waals surface area contributed by atoms with Crippen LogP contribution >= 0.6 is 12.4 Å². The van der Waals surface area contributed by atoms with Crippen molar-refractivity contribution in [2.45, 2.75) is 25.8 Å². The molecule has 0 aromatic heterocycles. The van der Waals surface area contributed by atoms with Gasteiger partial charge in [0, 0.05) is 25.4 Å². The van der Waals surface area contributed by atoms with E-state index in [1.807, 2.05) is 0 Å². The van der Waals surface area contributed by atoms with Crippen molar-refractivity contribution < 1.29 is 9.59 Å². The van der Waals surface area contributed by atoms with Crippen LogP contribution in [-0.2, 0) is 9.59 Å².